The average Bonchev–Trinajstić information content (AvgIpc) is 2.43. The molecule has 1 N–H and O–H groups in total. The standard InChI is InChI=1S/C12H19N2O2/c1-10(15)14-8-5-12(6-9-14)3-2-11(16)13-7-4-12/h1-9H2,(H,13,16). The van der Waals surface area contributed by atoms with E-state index < -0.39 is 0 Å². The molecule has 0 saturated carbocycles. The van der Waals surface area contributed by atoms with Crippen molar-refractivity contribution in [3.63, 3.8) is 0 Å². The number of likely N-dealkylation sites (tertiary alicyclic amines) is 1. The number of nitrogens with one attached hydrogen (secondary N) is 1. The Balaban J connectivity index is 1.95. The van der Waals surface area contributed by atoms with Gasteiger partial charge in [0.2, 0.25) is 11.8 Å². The fourth-order valence-corrected chi connectivity index (χ4v) is 2.79. The van der Waals surface area contributed by atoms with E-state index in [9.17, 15) is 9.59 Å². The highest BCUT2D eigenvalue weighted by Gasteiger charge is 2.36. The van der Waals surface area contributed by atoms with Crippen molar-refractivity contribution in [1.29, 1.82) is 0 Å². The van der Waals surface area contributed by atoms with Gasteiger partial charge in [-0.25, -0.2) is 0 Å². The molecule has 2 rings (SSSR count). The number of piperidine rings is 1. The predicted octanol–water partition coefficient (Wildman–Crippen LogP) is 0.729. The van der Waals surface area contributed by atoms with Gasteiger partial charge < -0.3 is 10.2 Å². The highest BCUT2D eigenvalue weighted by atomic mass is 16.2. The molecule has 0 unspecified atom stereocenters. The van der Waals surface area contributed by atoms with Gasteiger partial charge in [0.05, 0.1) is 0 Å². The maximum atomic E-state index is 11.3. The van der Waals surface area contributed by atoms with Gasteiger partial charge in [-0.3, -0.25) is 9.59 Å². The smallest absolute Gasteiger partial charge is 0.223 e. The largest absolute Gasteiger partial charge is 0.356 e. The molecule has 89 valence electrons. The Labute approximate surface area is 96.4 Å². The lowest BCUT2D eigenvalue weighted by molar-refractivity contribution is -0.129. The molecule has 2 aliphatic rings. The Hall–Kier alpha value is -1.06. The molecule has 0 bridgehead atoms. The van der Waals surface area contributed by atoms with Crippen LogP contribution in [-0.2, 0) is 9.59 Å². The van der Waals surface area contributed by atoms with E-state index >= 15 is 0 Å². The number of hydrogen-bond donors (Lipinski definition) is 1. The summed E-state index contributed by atoms with van der Waals surface area (Å²) in [6.45, 7) is 5.84. The first-order valence-electron chi connectivity index (χ1n) is 5.99. The topological polar surface area (TPSA) is 49.4 Å². The SMILES string of the molecule is [CH2]C(=O)N1CCC2(CCNC(=O)CC2)CC1. The van der Waals surface area contributed by atoms with Crippen molar-refractivity contribution >= 4 is 11.8 Å². The predicted molar refractivity (Wildman–Crippen MR) is 60.5 cm³/mol. The van der Waals surface area contributed by atoms with Gasteiger partial charge in [-0.1, -0.05) is 0 Å². The highest BCUT2D eigenvalue weighted by Crippen LogP contribution is 2.40. The van der Waals surface area contributed by atoms with E-state index in [0.29, 0.717) is 6.42 Å². The van der Waals surface area contributed by atoms with Crippen molar-refractivity contribution in [3.8, 4) is 0 Å². The molecule has 1 spiro atoms. The first kappa shape index (κ1) is 11.4. The summed E-state index contributed by atoms with van der Waals surface area (Å²) >= 11 is 0. The average molecular weight is 223 g/mol. The van der Waals surface area contributed by atoms with Crippen LogP contribution in [0.2, 0.25) is 0 Å². The van der Waals surface area contributed by atoms with E-state index in [0.717, 1.165) is 45.3 Å². The summed E-state index contributed by atoms with van der Waals surface area (Å²) in [6, 6.07) is 0. The van der Waals surface area contributed by atoms with Gasteiger partial charge in [0.1, 0.15) is 0 Å². The van der Waals surface area contributed by atoms with E-state index in [2.05, 4.69) is 12.2 Å². The molecule has 2 amide bonds. The molecular weight excluding hydrogens is 204 g/mol. The van der Waals surface area contributed by atoms with Crippen molar-refractivity contribution in [3.05, 3.63) is 6.92 Å². The summed E-state index contributed by atoms with van der Waals surface area (Å²) in [5, 5.41) is 2.92. The lowest BCUT2D eigenvalue weighted by atomic mass is 9.73. The molecule has 4 heteroatoms. The minimum absolute atomic E-state index is 0.0716. The quantitative estimate of drug-likeness (QED) is 0.658. The van der Waals surface area contributed by atoms with Crippen LogP contribution in [0, 0.1) is 12.3 Å². The molecule has 1 radical (unpaired) electrons. The molecule has 0 aromatic heterocycles. The third kappa shape index (κ3) is 2.36. The van der Waals surface area contributed by atoms with Gasteiger partial charge in [0.25, 0.3) is 0 Å². The molecule has 2 saturated heterocycles. The second-order valence-corrected chi connectivity index (χ2v) is 4.98. The van der Waals surface area contributed by atoms with Crippen LogP contribution in [0.1, 0.15) is 32.1 Å². The van der Waals surface area contributed by atoms with Crippen molar-refractivity contribution in [2.24, 2.45) is 5.41 Å². The molecule has 0 aliphatic carbocycles. The first-order chi connectivity index (χ1) is 7.61. The van der Waals surface area contributed by atoms with Crippen LogP contribution in [0.5, 0.6) is 0 Å². The normalized spacial score (nSPS) is 25.1. The Morgan fingerprint density at radius 2 is 1.94 bits per heavy atom. The second kappa shape index (κ2) is 4.44. The number of nitrogens with zero attached hydrogens (tertiary/aromatic N) is 1. The summed E-state index contributed by atoms with van der Waals surface area (Å²) in [4.78, 5) is 24.2. The summed E-state index contributed by atoms with van der Waals surface area (Å²) < 4.78 is 0. The van der Waals surface area contributed by atoms with Gasteiger partial charge in [0, 0.05) is 33.0 Å². The Morgan fingerprint density at radius 1 is 1.25 bits per heavy atom. The molecule has 2 aliphatic heterocycles. The van der Waals surface area contributed by atoms with E-state index in [1.54, 1.807) is 0 Å². The maximum Gasteiger partial charge on any atom is 0.223 e. The molecule has 0 atom stereocenters. The maximum absolute atomic E-state index is 11.3. The molecule has 0 aromatic carbocycles. The zero-order valence-corrected chi connectivity index (χ0v) is 9.63. The summed E-state index contributed by atoms with van der Waals surface area (Å²) in [6.07, 6.45) is 4.70. The zero-order chi connectivity index (χ0) is 11.6. The molecule has 2 heterocycles. The van der Waals surface area contributed by atoms with E-state index in [4.69, 9.17) is 0 Å². The van der Waals surface area contributed by atoms with E-state index in [-0.39, 0.29) is 17.2 Å². The third-order valence-electron chi connectivity index (χ3n) is 4.04. The number of rotatable bonds is 0. The monoisotopic (exact) mass is 223 g/mol. The van der Waals surface area contributed by atoms with Crippen LogP contribution < -0.4 is 5.32 Å². The Kier molecular flexibility index (Phi) is 3.17. The van der Waals surface area contributed by atoms with Crippen molar-refractivity contribution in [2.45, 2.75) is 32.1 Å². The fraction of sp³-hybridized carbons (Fsp3) is 0.750. The van der Waals surface area contributed by atoms with Crippen LogP contribution >= 0.6 is 0 Å². The zero-order valence-electron chi connectivity index (χ0n) is 9.63. The van der Waals surface area contributed by atoms with Gasteiger partial charge in [-0.2, -0.15) is 0 Å². The summed E-state index contributed by atoms with van der Waals surface area (Å²) in [5.74, 6) is 0.102. The van der Waals surface area contributed by atoms with E-state index in [1.807, 2.05) is 4.90 Å². The van der Waals surface area contributed by atoms with Gasteiger partial charge in [-0.15, -0.1) is 0 Å². The summed E-state index contributed by atoms with van der Waals surface area (Å²) in [5.41, 5.74) is 0.283. The molecule has 16 heavy (non-hydrogen) atoms. The highest BCUT2D eigenvalue weighted by molar-refractivity contribution is 5.80. The minimum atomic E-state index is -0.0716. The first-order valence-corrected chi connectivity index (χ1v) is 5.99. The van der Waals surface area contributed by atoms with E-state index in [1.165, 1.54) is 0 Å². The Morgan fingerprint density at radius 3 is 2.56 bits per heavy atom. The fourth-order valence-electron chi connectivity index (χ4n) is 2.79. The van der Waals surface area contributed by atoms with Crippen LogP contribution in [0.3, 0.4) is 0 Å². The van der Waals surface area contributed by atoms with Crippen LogP contribution in [-0.4, -0.2) is 36.3 Å². The van der Waals surface area contributed by atoms with Crippen LogP contribution in [0.25, 0.3) is 0 Å². The van der Waals surface area contributed by atoms with Crippen molar-refractivity contribution in [2.75, 3.05) is 19.6 Å². The molecule has 4 nitrogen and oxygen atoms in total. The molecule has 2 fully saturated rings. The lowest BCUT2D eigenvalue weighted by Gasteiger charge is -2.41. The van der Waals surface area contributed by atoms with Crippen molar-refractivity contribution in [1.82, 2.24) is 10.2 Å². The van der Waals surface area contributed by atoms with Gasteiger partial charge in [-0.05, 0) is 31.1 Å². The Bertz CT molecular complexity index is 293. The molecule has 0 aromatic rings. The van der Waals surface area contributed by atoms with Crippen molar-refractivity contribution < 1.29 is 9.59 Å². The van der Waals surface area contributed by atoms with Crippen LogP contribution in [0.15, 0.2) is 0 Å². The number of carbonyl (C=O) groups excluding carboxylic acids is 2. The number of carbonyl (C=O) groups is 2. The van der Waals surface area contributed by atoms with Gasteiger partial charge >= 0.3 is 0 Å². The number of hydrogen-bond acceptors (Lipinski definition) is 2. The second-order valence-electron chi connectivity index (χ2n) is 4.98. The number of amides is 2. The molecular formula is C12H19N2O2. The van der Waals surface area contributed by atoms with Crippen LogP contribution in [0.4, 0.5) is 0 Å². The lowest BCUT2D eigenvalue weighted by Crippen LogP contribution is -2.42. The minimum Gasteiger partial charge on any atom is -0.356 e. The third-order valence-corrected chi connectivity index (χ3v) is 4.04. The van der Waals surface area contributed by atoms with Gasteiger partial charge in [0.15, 0.2) is 0 Å². The summed E-state index contributed by atoms with van der Waals surface area (Å²) in [7, 11) is 0.